The van der Waals surface area contributed by atoms with Crippen LogP contribution in [0.2, 0.25) is 0 Å². The van der Waals surface area contributed by atoms with Crippen LogP contribution in [0.1, 0.15) is 77.2 Å². The highest BCUT2D eigenvalue weighted by Gasteiger charge is 2.49. The first kappa shape index (κ1) is 27.2. The van der Waals surface area contributed by atoms with Gasteiger partial charge in [0.25, 0.3) is 0 Å². The van der Waals surface area contributed by atoms with E-state index < -0.39 is 17.1 Å². The van der Waals surface area contributed by atoms with E-state index in [0.717, 1.165) is 37.0 Å². The third-order valence-corrected chi connectivity index (χ3v) is 7.87. The van der Waals surface area contributed by atoms with Crippen LogP contribution in [-0.4, -0.2) is 54.5 Å². The summed E-state index contributed by atoms with van der Waals surface area (Å²) >= 11 is 0. The average molecular weight is 511 g/mol. The van der Waals surface area contributed by atoms with Gasteiger partial charge in [-0.05, 0) is 44.1 Å². The third kappa shape index (κ3) is 6.53. The maximum Gasteiger partial charge on any atom is 0.246 e. The van der Waals surface area contributed by atoms with E-state index in [9.17, 15) is 14.4 Å². The SMILES string of the molecule is CC(C)C[C@@H]1NCCOc2ccccc2/C=C\CNC(=O)C2(CCCC2)NC(=O)C2(CCCC2)NC1=O. The molecule has 0 unspecified atom stereocenters. The van der Waals surface area contributed by atoms with Crippen molar-refractivity contribution < 1.29 is 19.1 Å². The van der Waals surface area contributed by atoms with Gasteiger partial charge in [0.1, 0.15) is 23.4 Å². The van der Waals surface area contributed by atoms with Crippen LogP contribution in [0.4, 0.5) is 0 Å². The fourth-order valence-electron chi connectivity index (χ4n) is 5.84. The number of fused-ring (bicyclic) bond motifs is 1. The number of ether oxygens (including phenoxy) is 1. The topological polar surface area (TPSA) is 109 Å². The zero-order chi connectivity index (χ0) is 26.3. The predicted molar refractivity (Wildman–Crippen MR) is 144 cm³/mol. The van der Waals surface area contributed by atoms with Crippen LogP contribution in [-0.2, 0) is 14.4 Å². The number of nitrogens with one attached hydrogen (secondary N) is 4. The summed E-state index contributed by atoms with van der Waals surface area (Å²) in [7, 11) is 0. The Hall–Kier alpha value is -2.87. The number of amides is 3. The molecular formula is C29H42N4O4. The van der Waals surface area contributed by atoms with E-state index in [1.807, 2.05) is 36.4 Å². The summed E-state index contributed by atoms with van der Waals surface area (Å²) in [5.41, 5.74) is -1.00. The van der Waals surface area contributed by atoms with Gasteiger partial charge in [-0.15, -0.1) is 0 Å². The maximum atomic E-state index is 13.8. The van der Waals surface area contributed by atoms with Crippen molar-refractivity contribution in [2.45, 2.75) is 88.8 Å². The molecule has 0 aromatic heterocycles. The number of benzene rings is 1. The zero-order valence-electron chi connectivity index (χ0n) is 22.2. The van der Waals surface area contributed by atoms with Crippen LogP contribution < -0.4 is 26.0 Å². The Balaban J connectivity index is 1.62. The highest BCUT2D eigenvalue weighted by Crippen LogP contribution is 2.34. The quantitative estimate of drug-likeness (QED) is 0.489. The molecule has 2 fully saturated rings. The molecular weight excluding hydrogens is 468 g/mol. The lowest BCUT2D eigenvalue weighted by atomic mass is 9.90. The second kappa shape index (κ2) is 12.1. The summed E-state index contributed by atoms with van der Waals surface area (Å²) in [6.45, 7) is 5.42. The van der Waals surface area contributed by atoms with Gasteiger partial charge >= 0.3 is 0 Å². The van der Waals surface area contributed by atoms with Crippen molar-refractivity contribution in [1.29, 1.82) is 0 Å². The first-order valence-corrected chi connectivity index (χ1v) is 13.9. The van der Waals surface area contributed by atoms with Crippen LogP contribution in [0.15, 0.2) is 30.3 Å². The minimum absolute atomic E-state index is 0.160. The number of para-hydroxylation sites is 1. The summed E-state index contributed by atoms with van der Waals surface area (Å²) in [4.78, 5) is 40.7. The minimum Gasteiger partial charge on any atom is -0.492 e. The lowest BCUT2D eigenvalue weighted by molar-refractivity contribution is -0.139. The molecule has 37 heavy (non-hydrogen) atoms. The van der Waals surface area contributed by atoms with Crippen molar-refractivity contribution in [3.05, 3.63) is 35.9 Å². The van der Waals surface area contributed by atoms with Gasteiger partial charge in [0.05, 0.1) is 6.04 Å². The Morgan fingerprint density at radius 2 is 1.57 bits per heavy atom. The summed E-state index contributed by atoms with van der Waals surface area (Å²) in [5, 5.41) is 12.7. The molecule has 1 aliphatic heterocycles. The van der Waals surface area contributed by atoms with Crippen molar-refractivity contribution in [2.24, 2.45) is 5.92 Å². The molecule has 3 aliphatic rings. The minimum atomic E-state index is -0.982. The molecule has 8 nitrogen and oxygen atoms in total. The number of carbonyl (C=O) groups is 3. The van der Waals surface area contributed by atoms with Crippen molar-refractivity contribution >= 4 is 23.8 Å². The lowest BCUT2D eigenvalue weighted by Gasteiger charge is -2.36. The van der Waals surface area contributed by atoms with Gasteiger partial charge in [-0.3, -0.25) is 14.4 Å². The molecule has 1 aromatic rings. The predicted octanol–water partition coefficient (Wildman–Crippen LogP) is 3.07. The second-order valence-corrected chi connectivity index (χ2v) is 11.2. The van der Waals surface area contributed by atoms with Crippen molar-refractivity contribution in [1.82, 2.24) is 21.3 Å². The summed E-state index contributed by atoms with van der Waals surface area (Å²) in [5.74, 6) is 0.495. The fraction of sp³-hybridized carbons (Fsp3) is 0.621. The Morgan fingerprint density at radius 3 is 2.24 bits per heavy atom. The lowest BCUT2D eigenvalue weighted by Crippen LogP contribution is -2.66. The van der Waals surface area contributed by atoms with Crippen molar-refractivity contribution in [3.8, 4) is 5.75 Å². The van der Waals surface area contributed by atoms with Crippen LogP contribution in [0.25, 0.3) is 6.08 Å². The zero-order valence-corrected chi connectivity index (χ0v) is 22.2. The fourth-order valence-corrected chi connectivity index (χ4v) is 5.84. The molecule has 2 spiro atoms. The van der Waals surface area contributed by atoms with E-state index in [1.54, 1.807) is 0 Å². The van der Waals surface area contributed by atoms with E-state index in [2.05, 4.69) is 35.1 Å². The monoisotopic (exact) mass is 510 g/mol. The molecule has 4 rings (SSSR count). The first-order chi connectivity index (χ1) is 17.8. The normalized spacial score (nSPS) is 25.5. The Kier molecular flexibility index (Phi) is 8.90. The summed E-state index contributed by atoms with van der Waals surface area (Å²) in [6.07, 6.45) is 10.4. The van der Waals surface area contributed by atoms with Gasteiger partial charge in [0.15, 0.2) is 0 Å². The Bertz CT molecular complexity index is 993. The molecule has 1 heterocycles. The van der Waals surface area contributed by atoms with Gasteiger partial charge in [-0.1, -0.05) is 69.9 Å². The number of hydrogen-bond acceptors (Lipinski definition) is 5. The van der Waals surface area contributed by atoms with E-state index in [4.69, 9.17) is 4.74 Å². The molecule has 0 bridgehead atoms. The van der Waals surface area contributed by atoms with E-state index in [-0.39, 0.29) is 17.7 Å². The molecule has 1 aromatic carbocycles. The number of hydrogen-bond donors (Lipinski definition) is 4. The van der Waals surface area contributed by atoms with E-state index in [1.165, 1.54) is 0 Å². The maximum absolute atomic E-state index is 13.8. The van der Waals surface area contributed by atoms with Gasteiger partial charge in [-0.2, -0.15) is 0 Å². The van der Waals surface area contributed by atoms with Gasteiger partial charge < -0.3 is 26.0 Å². The molecule has 2 aliphatic carbocycles. The summed E-state index contributed by atoms with van der Waals surface area (Å²) < 4.78 is 6.03. The molecule has 202 valence electrons. The van der Waals surface area contributed by atoms with Crippen molar-refractivity contribution in [3.63, 3.8) is 0 Å². The molecule has 2 saturated carbocycles. The molecule has 0 saturated heterocycles. The number of carbonyl (C=O) groups excluding carboxylic acids is 3. The average Bonchev–Trinajstić information content (AvgIpc) is 3.55. The third-order valence-electron chi connectivity index (χ3n) is 7.87. The van der Waals surface area contributed by atoms with Crippen LogP contribution in [0.3, 0.4) is 0 Å². The largest absolute Gasteiger partial charge is 0.492 e. The van der Waals surface area contributed by atoms with Crippen LogP contribution in [0.5, 0.6) is 5.75 Å². The number of rotatable bonds is 2. The van der Waals surface area contributed by atoms with Crippen molar-refractivity contribution in [2.75, 3.05) is 19.7 Å². The Labute approximate surface area is 220 Å². The van der Waals surface area contributed by atoms with Crippen LogP contribution in [0, 0.1) is 5.92 Å². The molecule has 0 radical (unpaired) electrons. The highest BCUT2D eigenvalue weighted by molar-refractivity contribution is 5.98. The highest BCUT2D eigenvalue weighted by atomic mass is 16.5. The van der Waals surface area contributed by atoms with E-state index >= 15 is 0 Å². The van der Waals surface area contributed by atoms with Gasteiger partial charge in [0, 0.05) is 18.7 Å². The summed E-state index contributed by atoms with van der Waals surface area (Å²) in [6, 6.07) is 7.32. The molecule has 3 amide bonds. The van der Waals surface area contributed by atoms with E-state index in [0.29, 0.717) is 57.7 Å². The molecule has 1 atom stereocenters. The van der Waals surface area contributed by atoms with Crippen LogP contribution >= 0.6 is 0 Å². The van der Waals surface area contributed by atoms with Gasteiger partial charge in [0.2, 0.25) is 17.7 Å². The second-order valence-electron chi connectivity index (χ2n) is 11.2. The molecule has 4 N–H and O–H groups in total. The standard InChI is InChI=1S/C29H42N4O4/c1-21(2)20-23-25(34)32-29(15-7-8-16-29)27(36)33-28(13-5-6-14-28)26(35)31-17-9-11-22-10-3-4-12-24(22)37-19-18-30-23/h3-4,9-12,21,23,30H,5-8,13-20H2,1-2H3,(H,31,35)(H,32,34)(H,33,36)/b11-9-/t23-/m0/s1. The molecule has 8 heteroatoms. The first-order valence-electron chi connectivity index (χ1n) is 13.9. The Morgan fingerprint density at radius 1 is 0.919 bits per heavy atom. The van der Waals surface area contributed by atoms with Gasteiger partial charge in [-0.25, -0.2) is 0 Å². The smallest absolute Gasteiger partial charge is 0.246 e.